The van der Waals surface area contributed by atoms with Gasteiger partial charge < -0.3 is 15.4 Å². The summed E-state index contributed by atoms with van der Waals surface area (Å²) in [5, 5.41) is 5.11. The lowest BCUT2D eigenvalue weighted by Gasteiger charge is -2.17. The van der Waals surface area contributed by atoms with Crippen molar-refractivity contribution in [2.24, 2.45) is 0 Å². The van der Waals surface area contributed by atoms with Gasteiger partial charge in [-0.3, -0.25) is 9.59 Å². The van der Waals surface area contributed by atoms with Crippen LogP contribution in [0.1, 0.15) is 12.8 Å². The van der Waals surface area contributed by atoms with E-state index in [2.05, 4.69) is 33.2 Å². The first-order valence-electron chi connectivity index (χ1n) is 5.87. The molecule has 2 amide bonds. The highest BCUT2D eigenvalue weighted by Gasteiger charge is 2.35. The SMILES string of the molecule is CSCC[C@H](NC=O)C(=O)N[C@H]1CC(CI)OC1=O. The number of amides is 2. The second-order valence-corrected chi connectivity index (χ2v) is 6.00. The molecule has 0 bridgehead atoms. The Hall–Kier alpha value is -0.510. The van der Waals surface area contributed by atoms with Crippen molar-refractivity contribution in [2.45, 2.75) is 31.0 Å². The molecule has 8 heteroatoms. The molecule has 0 radical (unpaired) electrons. The summed E-state index contributed by atoms with van der Waals surface area (Å²) in [4.78, 5) is 34.0. The molecule has 0 saturated carbocycles. The topological polar surface area (TPSA) is 84.5 Å². The maximum atomic E-state index is 12.0. The fourth-order valence-electron chi connectivity index (χ4n) is 1.75. The van der Waals surface area contributed by atoms with Gasteiger partial charge in [0.2, 0.25) is 12.3 Å². The van der Waals surface area contributed by atoms with Crippen molar-refractivity contribution in [3.05, 3.63) is 0 Å². The number of carbonyl (C=O) groups excluding carboxylic acids is 3. The number of halogens is 1. The van der Waals surface area contributed by atoms with E-state index >= 15 is 0 Å². The minimum atomic E-state index is -0.601. The number of carbonyl (C=O) groups is 3. The van der Waals surface area contributed by atoms with Crippen molar-refractivity contribution in [1.29, 1.82) is 0 Å². The standard InChI is InChI=1S/C11H17IN2O4S/c1-19-3-2-8(13-6-15)10(16)14-9-4-7(5-12)18-11(9)17/h6-9H,2-5H2,1H3,(H,13,15)(H,14,16)/t7?,8-,9-/m0/s1. The van der Waals surface area contributed by atoms with E-state index in [1.807, 2.05) is 6.26 Å². The van der Waals surface area contributed by atoms with E-state index in [1.165, 1.54) is 0 Å². The maximum absolute atomic E-state index is 12.0. The van der Waals surface area contributed by atoms with Crippen LogP contribution in [0.2, 0.25) is 0 Å². The molecule has 0 aromatic heterocycles. The van der Waals surface area contributed by atoms with E-state index < -0.39 is 18.1 Å². The molecule has 0 aromatic carbocycles. The molecule has 1 unspecified atom stereocenters. The molecule has 3 atom stereocenters. The van der Waals surface area contributed by atoms with Crippen LogP contribution in [0.15, 0.2) is 0 Å². The van der Waals surface area contributed by atoms with Crippen molar-refractivity contribution in [2.75, 3.05) is 16.4 Å². The first-order chi connectivity index (χ1) is 9.12. The summed E-state index contributed by atoms with van der Waals surface area (Å²) in [5.74, 6) is 0.0201. The zero-order valence-electron chi connectivity index (χ0n) is 10.6. The average Bonchev–Trinajstić information content (AvgIpc) is 2.75. The van der Waals surface area contributed by atoms with E-state index in [0.717, 1.165) is 5.75 Å². The minimum absolute atomic E-state index is 0.137. The van der Waals surface area contributed by atoms with Crippen molar-refractivity contribution in [1.82, 2.24) is 10.6 Å². The molecule has 0 aromatic rings. The fraction of sp³-hybridized carbons (Fsp3) is 0.727. The van der Waals surface area contributed by atoms with Gasteiger partial charge in [-0.05, 0) is 18.4 Å². The monoisotopic (exact) mass is 400 g/mol. The Morgan fingerprint density at radius 2 is 2.42 bits per heavy atom. The minimum Gasteiger partial charge on any atom is -0.460 e. The van der Waals surface area contributed by atoms with Crippen LogP contribution in [0.3, 0.4) is 0 Å². The summed E-state index contributed by atoms with van der Waals surface area (Å²) in [6, 6.07) is -1.20. The lowest BCUT2D eigenvalue weighted by atomic mass is 10.1. The van der Waals surface area contributed by atoms with Crippen LogP contribution in [-0.2, 0) is 19.1 Å². The first-order valence-corrected chi connectivity index (χ1v) is 8.79. The lowest BCUT2D eigenvalue weighted by molar-refractivity contribution is -0.143. The second-order valence-electron chi connectivity index (χ2n) is 4.13. The molecule has 108 valence electrons. The Balaban J connectivity index is 2.51. The number of hydrogen-bond acceptors (Lipinski definition) is 5. The van der Waals surface area contributed by atoms with Gasteiger partial charge >= 0.3 is 5.97 Å². The molecule has 1 aliphatic heterocycles. The van der Waals surface area contributed by atoms with Gasteiger partial charge in [-0.1, -0.05) is 22.6 Å². The summed E-state index contributed by atoms with van der Waals surface area (Å²) in [6.45, 7) is 0. The predicted molar refractivity (Wildman–Crippen MR) is 81.3 cm³/mol. The van der Waals surface area contributed by atoms with Crippen molar-refractivity contribution < 1.29 is 19.1 Å². The Labute approximate surface area is 129 Å². The number of esters is 1. The van der Waals surface area contributed by atoms with Crippen molar-refractivity contribution in [3.63, 3.8) is 0 Å². The maximum Gasteiger partial charge on any atom is 0.329 e. The number of nitrogens with one attached hydrogen (secondary N) is 2. The van der Waals surface area contributed by atoms with Crippen LogP contribution < -0.4 is 10.6 Å². The number of rotatable bonds is 8. The zero-order chi connectivity index (χ0) is 14.3. The third-order valence-electron chi connectivity index (χ3n) is 2.75. The number of cyclic esters (lactones) is 1. The van der Waals surface area contributed by atoms with Crippen LogP contribution in [0.25, 0.3) is 0 Å². The summed E-state index contributed by atoms with van der Waals surface area (Å²) >= 11 is 3.73. The number of hydrogen-bond donors (Lipinski definition) is 2. The van der Waals surface area contributed by atoms with Gasteiger partial charge in [0.25, 0.3) is 0 Å². The smallest absolute Gasteiger partial charge is 0.329 e. The van der Waals surface area contributed by atoms with E-state index in [4.69, 9.17) is 4.74 Å². The molecule has 0 spiro atoms. The zero-order valence-corrected chi connectivity index (χ0v) is 13.5. The van der Waals surface area contributed by atoms with Crippen molar-refractivity contribution >= 4 is 52.6 Å². The Bertz CT molecular complexity index is 343. The highest BCUT2D eigenvalue weighted by molar-refractivity contribution is 14.1. The van der Waals surface area contributed by atoms with Crippen LogP contribution in [0.4, 0.5) is 0 Å². The van der Waals surface area contributed by atoms with Gasteiger partial charge in [0.05, 0.1) is 0 Å². The van der Waals surface area contributed by atoms with Crippen LogP contribution >= 0.6 is 34.4 Å². The molecule has 1 saturated heterocycles. The number of alkyl halides is 1. The van der Waals surface area contributed by atoms with Crippen molar-refractivity contribution in [3.8, 4) is 0 Å². The third kappa shape index (κ3) is 5.17. The summed E-state index contributed by atoms with van der Waals surface area (Å²) in [5.41, 5.74) is 0. The second kappa shape index (κ2) is 8.62. The van der Waals surface area contributed by atoms with E-state index in [9.17, 15) is 14.4 Å². The van der Waals surface area contributed by atoms with Gasteiger partial charge in [0.15, 0.2) is 0 Å². The third-order valence-corrected chi connectivity index (χ3v) is 4.38. The average molecular weight is 400 g/mol. The molecular weight excluding hydrogens is 383 g/mol. The van der Waals surface area contributed by atoms with Gasteiger partial charge in [-0.15, -0.1) is 0 Å². The van der Waals surface area contributed by atoms with Crippen LogP contribution in [0.5, 0.6) is 0 Å². The van der Waals surface area contributed by atoms with Gasteiger partial charge in [0, 0.05) is 10.8 Å². The molecule has 2 N–H and O–H groups in total. The van der Waals surface area contributed by atoms with E-state index in [0.29, 0.717) is 23.7 Å². The van der Waals surface area contributed by atoms with Gasteiger partial charge in [0.1, 0.15) is 18.2 Å². The molecular formula is C11H17IN2O4S. The molecule has 1 aliphatic rings. The highest BCUT2D eigenvalue weighted by Crippen LogP contribution is 2.17. The number of thioether (sulfide) groups is 1. The lowest BCUT2D eigenvalue weighted by Crippen LogP contribution is -2.49. The van der Waals surface area contributed by atoms with Gasteiger partial charge in [-0.25, -0.2) is 4.79 Å². The molecule has 6 nitrogen and oxygen atoms in total. The summed E-state index contributed by atoms with van der Waals surface area (Å²) < 4.78 is 5.80. The number of ether oxygens (including phenoxy) is 1. The van der Waals surface area contributed by atoms with E-state index in [-0.39, 0.29) is 12.0 Å². The molecule has 1 fully saturated rings. The molecule has 0 aliphatic carbocycles. The van der Waals surface area contributed by atoms with Crippen LogP contribution in [0, 0.1) is 0 Å². The first kappa shape index (κ1) is 16.5. The Morgan fingerprint density at radius 1 is 1.68 bits per heavy atom. The summed E-state index contributed by atoms with van der Waals surface area (Å²) in [7, 11) is 0. The molecule has 19 heavy (non-hydrogen) atoms. The highest BCUT2D eigenvalue weighted by atomic mass is 127. The molecule has 1 heterocycles. The Morgan fingerprint density at radius 3 is 2.95 bits per heavy atom. The van der Waals surface area contributed by atoms with Gasteiger partial charge in [-0.2, -0.15) is 11.8 Å². The largest absolute Gasteiger partial charge is 0.460 e. The van der Waals surface area contributed by atoms with E-state index in [1.54, 1.807) is 11.8 Å². The predicted octanol–water partition coefficient (Wildman–Crippen LogP) is 0.0894. The van der Waals surface area contributed by atoms with Crippen LogP contribution in [-0.4, -0.2) is 52.9 Å². The molecule has 1 rings (SSSR count). The normalized spacial score (nSPS) is 23.6. The Kier molecular flexibility index (Phi) is 7.51. The quantitative estimate of drug-likeness (QED) is 0.261. The summed E-state index contributed by atoms with van der Waals surface area (Å²) in [6.07, 6.45) is 3.31. The fourth-order valence-corrected chi connectivity index (χ4v) is 2.76.